The van der Waals surface area contributed by atoms with E-state index >= 15 is 0 Å². The van der Waals surface area contributed by atoms with Gasteiger partial charge in [0.05, 0.1) is 18.7 Å². The van der Waals surface area contributed by atoms with Crippen LogP contribution in [0.25, 0.3) is 0 Å². The quantitative estimate of drug-likeness (QED) is 0.290. The lowest BCUT2D eigenvalue weighted by atomic mass is 9.90. The molecule has 22 heavy (non-hydrogen) atoms. The molecule has 0 aromatic heterocycles. The molecule has 0 spiro atoms. The highest BCUT2D eigenvalue weighted by atomic mass is 16.3. The fourth-order valence-electron chi connectivity index (χ4n) is 2.07. The molecule has 0 aliphatic heterocycles. The molecule has 9 heteroatoms. The monoisotopic (exact) mass is 314 g/mol. The molecule has 1 aliphatic carbocycles. The smallest absolute Gasteiger partial charge is 0.247 e. The maximum absolute atomic E-state index is 11.9. The van der Waals surface area contributed by atoms with Crippen LogP contribution >= 0.6 is 0 Å². The van der Waals surface area contributed by atoms with Gasteiger partial charge < -0.3 is 31.9 Å². The maximum Gasteiger partial charge on any atom is 0.247 e. The van der Waals surface area contributed by atoms with Crippen molar-refractivity contribution in [3.8, 4) is 0 Å². The number of carbonyl (C=O) groups excluding carboxylic acids is 3. The summed E-state index contributed by atoms with van der Waals surface area (Å²) >= 11 is 0. The Bertz CT molecular complexity index is 465. The molecule has 0 saturated carbocycles. The molecular weight excluding hydrogens is 292 g/mol. The average molecular weight is 314 g/mol. The Morgan fingerprint density at radius 1 is 1.36 bits per heavy atom. The number of hydrogen-bond donors (Lipinski definition) is 6. The first kappa shape index (κ1) is 18.1. The Hall–Kier alpha value is -1.97. The molecule has 3 amide bonds. The molecule has 1 aliphatic rings. The number of nitrogens with one attached hydrogen (secondary N) is 3. The molecule has 0 heterocycles. The highest BCUT2D eigenvalue weighted by Crippen LogP contribution is 2.19. The summed E-state index contributed by atoms with van der Waals surface area (Å²) < 4.78 is 0. The summed E-state index contributed by atoms with van der Waals surface area (Å²) in [4.78, 5) is 34.1. The van der Waals surface area contributed by atoms with Crippen molar-refractivity contribution in [1.29, 1.82) is 0 Å². The summed E-state index contributed by atoms with van der Waals surface area (Å²) in [6.45, 7) is 0.133. The maximum atomic E-state index is 11.9. The van der Waals surface area contributed by atoms with E-state index in [9.17, 15) is 24.6 Å². The predicted octanol–water partition coefficient (Wildman–Crippen LogP) is -3.27. The normalized spacial score (nSPS) is 24.3. The molecule has 0 radical (unpaired) electrons. The minimum absolute atomic E-state index is 0.00648. The summed E-state index contributed by atoms with van der Waals surface area (Å²) in [5.74, 6) is -1.38. The molecule has 3 unspecified atom stereocenters. The zero-order chi connectivity index (χ0) is 16.7. The van der Waals surface area contributed by atoms with Crippen LogP contribution in [0.3, 0.4) is 0 Å². The molecule has 0 aromatic carbocycles. The lowest BCUT2D eigenvalue weighted by molar-refractivity contribution is -0.123. The fraction of sp³-hybridized carbons (Fsp3) is 0.615. The zero-order valence-corrected chi connectivity index (χ0v) is 12.3. The number of nitrogens with two attached hydrogens (primary N) is 1. The van der Waals surface area contributed by atoms with E-state index in [2.05, 4.69) is 16.0 Å². The van der Waals surface area contributed by atoms with Crippen molar-refractivity contribution >= 4 is 17.7 Å². The summed E-state index contributed by atoms with van der Waals surface area (Å²) in [5.41, 5.74) is 5.20. The first-order chi connectivity index (χ1) is 10.3. The van der Waals surface area contributed by atoms with Crippen LogP contribution in [-0.4, -0.2) is 66.3 Å². The SMILES string of the molecule is CNCC(=O)NC1C=C(C(=O)NCCC(N)=O)CC(O)C1O. The fourth-order valence-corrected chi connectivity index (χ4v) is 2.07. The van der Waals surface area contributed by atoms with E-state index in [-0.39, 0.29) is 37.4 Å². The standard InChI is InChI=1S/C13H22N4O5/c1-15-6-11(20)17-8-4-7(5-9(18)12(8)21)13(22)16-3-2-10(14)19/h4,8-9,12,15,18,21H,2-3,5-6H2,1H3,(H2,14,19)(H,16,22)(H,17,20). The summed E-state index contributed by atoms with van der Waals surface area (Å²) in [6.07, 6.45) is -0.983. The third-order valence-corrected chi connectivity index (χ3v) is 3.19. The molecule has 124 valence electrons. The number of aliphatic hydroxyl groups is 2. The average Bonchev–Trinajstić information content (AvgIpc) is 2.43. The van der Waals surface area contributed by atoms with Gasteiger partial charge >= 0.3 is 0 Å². The number of rotatable bonds is 7. The van der Waals surface area contributed by atoms with Gasteiger partial charge in [-0.25, -0.2) is 0 Å². The molecule has 3 atom stereocenters. The van der Waals surface area contributed by atoms with Gasteiger partial charge in [-0.3, -0.25) is 14.4 Å². The van der Waals surface area contributed by atoms with Crippen LogP contribution in [-0.2, 0) is 14.4 Å². The zero-order valence-electron chi connectivity index (χ0n) is 12.3. The van der Waals surface area contributed by atoms with Gasteiger partial charge in [0.2, 0.25) is 17.7 Å². The topological polar surface area (TPSA) is 154 Å². The van der Waals surface area contributed by atoms with Crippen LogP contribution in [0.5, 0.6) is 0 Å². The molecule has 0 aromatic rings. The van der Waals surface area contributed by atoms with Crippen molar-refractivity contribution in [2.24, 2.45) is 5.73 Å². The van der Waals surface area contributed by atoms with Gasteiger partial charge in [-0.15, -0.1) is 0 Å². The van der Waals surface area contributed by atoms with E-state index in [0.29, 0.717) is 0 Å². The van der Waals surface area contributed by atoms with Gasteiger partial charge in [-0.2, -0.15) is 0 Å². The number of aliphatic hydroxyl groups excluding tert-OH is 2. The van der Waals surface area contributed by atoms with Crippen molar-refractivity contribution in [3.63, 3.8) is 0 Å². The van der Waals surface area contributed by atoms with Crippen molar-refractivity contribution in [2.75, 3.05) is 20.1 Å². The van der Waals surface area contributed by atoms with E-state index in [1.807, 2.05) is 0 Å². The lowest BCUT2D eigenvalue weighted by Crippen LogP contribution is -2.52. The second kappa shape index (κ2) is 8.47. The molecule has 1 rings (SSSR count). The molecule has 0 bridgehead atoms. The molecular formula is C13H22N4O5. The Labute approximate surface area is 127 Å². The van der Waals surface area contributed by atoms with E-state index in [1.54, 1.807) is 7.05 Å². The van der Waals surface area contributed by atoms with Crippen LogP contribution in [0.15, 0.2) is 11.6 Å². The minimum atomic E-state index is -1.19. The Balaban J connectivity index is 2.69. The predicted molar refractivity (Wildman–Crippen MR) is 77.4 cm³/mol. The van der Waals surface area contributed by atoms with E-state index in [1.165, 1.54) is 6.08 Å². The van der Waals surface area contributed by atoms with Gasteiger partial charge in [-0.1, -0.05) is 6.08 Å². The Morgan fingerprint density at radius 2 is 2.05 bits per heavy atom. The Kier molecular flexibility index (Phi) is 6.96. The van der Waals surface area contributed by atoms with Gasteiger partial charge in [0, 0.05) is 25.0 Å². The minimum Gasteiger partial charge on any atom is -0.390 e. The van der Waals surface area contributed by atoms with Crippen molar-refractivity contribution in [2.45, 2.75) is 31.1 Å². The third kappa shape index (κ3) is 5.43. The van der Waals surface area contributed by atoms with Gasteiger partial charge in [-0.05, 0) is 7.05 Å². The van der Waals surface area contributed by atoms with Crippen LogP contribution in [0, 0.1) is 0 Å². The van der Waals surface area contributed by atoms with E-state index in [4.69, 9.17) is 5.73 Å². The summed E-state index contributed by atoms with van der Waals surface area (Å²) in [7, 11) is 1.60. The van der Waals surface area contributed by atoms with Crippen LogP contribution in [0.4, 0.5) is 0 Å². The molecule has 0 fully saturated rings. The van der Waals surface area contributed by atoms with Crippen molar-refractivity contribution in [3.05, 3.63) is 11.6 Å². The number of carbonyl (C=O) groups is 3. The summed E-state index contributed by atoms with van der Waals surface area (Å²) in [5, 5.41) is 27.4. The molecule has 9 nitrogen and oxygen atoms in total. The lowest BCUT2D eigenvalue weighted by Gasteiger charge is -2.31. The highest BCUT2D eigenvalue weighted by Gasteiger charge is 2.33. The van der Waals surface area contributed by atoms with Crippen molar-refractivity contribution in [1.82, 2.24) is 16.0 Å². The second-order valence-corrected chi connectivity index (χ2v) is 5.05. The van der Waals surface area contributed by atoms with Gasteiger partial charge in [0.1, 0.15) is 6.10 Å². The number of amides is 3. The van der Waals surface area contributed by atoms with Crippen LogP contribution in [0.2, 0.25) is 0 Å². The van der Waals surface area contributed by atoms with Crippen molar-refractivity contribution < 1.29 is 24.6 Å². The van der Waals surface area contributed by atoms with Crippen LogP contribution in [0.1, 0.15) is 12.8 Å². The second-order valence-electron chi connectivity index (χ2n) is 5.05. The Morgan fingerprint density at radius 3 is 2.64 bits per heavy atom. The van der Waals surface area contributed by atoms with Gasteiger partial charge in [0.25, 0.3) is 0 Å². The number of hydrogen-bond acceptors (Lipinski definition) is 6. The molecule has 7 N–H and O–H groups in total. The highest BCUT2D eigenvalue weighted by molar-refractivity contribution is 5.94. The first-order valence-electron chi connectivity index (χ1n) is 6.92. The summed E-state index contributed by atoms with van der Waals surface area (Å²) in [6, 6.07) is -0.860. The first-order valence-corrected chi connectivity index (χ1v) is 6.92. The molecule has 0 saturated heterocycles. The van der Waals surface area contributed by atoms with Crippen LogP contribution < -0.4 is 21.7 Å². The number of primary amides is 1. The van der Waals surface area contributed by atoms with E-state index in [0.717, 1.165) is 0 Å². The van der Waals surface area contributed by atoms with Gasteiger partial charge in [0.15, 0.2) is 0 Å². The number of likely N-dealkylation sites (N-methyl/N-ethyl adjacent to an activating group) is 1. The largest absolute Gasteiger partial charge is 0.390 e. The third-order valence-electron chi connectivity index (χ3n) is 3.19. The van der Waals surface area contributed by atoms with E-state index < -0.39 is 30.1 Å².